The van der Waals surface area contributed by atoms with E-state index >= 15 is 0 Å². The molecule has 0 aliphatic heterocycles. The smallest absolute Gasteiger partial charge is 0.146 e. The van der Waals surface area contributed by atoms with E-state index in [1.54, 1.807) is 6.33 Å². The topological polar surface area (TPSA) is 80.8 Å². The van der Waals surface area contributed by atoms with E-state index in [2.05, 4.69) is 58.2 Å². The van der Waals surface area contributed by atoms with Crippen molar-refractivity contribution in [2.24, 2.45) is 13.0 Å². The maximum Gasteiger partial charge on any atom is 0.146 e. The van der Waals surface area contributed by atoms with Gasteiger partial charge >= 0.3 is 0 Å². The van der Waals surface area contributed by atoms with E-state index in [0.717, 1.165) is 60.2 Å². The predicted molar refractivity (Wildman–Crippen MR) is 147 cm³/mol. The number of hydrogen-bond acceptors (Lipinski definition) is 5. The first-order valence-electron chi connectivity index (χ1n) is 13.4. The number of nitrogens with one attached hydrogen (secondary N) is 1. The number of aliphatic hydroxyl groups excluding tert-OH is 1. The van der Waals surface area contributed by atoms with Crippen molar-refractivity contribution in [1.82, 2.24) is 24.3 Å². The Bertz CT molecular complexity index is 1290. The van der Waals surface area contributed by atoms with Gasteiger partial charge in [0.1, 0.15) is 17.8 Å². The highest BCUT2D eigenvalue weighted by molar-refractivity contribution is 6.00. The van der Waals surface area contributed by atoms with Gasteiger partial charge in [-0.1, -0.05) is 45.9 Å². The Labute approximate surface area is 214 Å². The van der Waals surface area contributed by atoms with E-state index in [1.165, 1.54) is 16.7 Å². The van der Waals surface area contributed by atoms with Crippen molar-refractivity contribution in [2.75, 3.05) is 11.9 Å². The third-order valence-corrected chi connectivity index (χ3v) is 7.27. The summed E-state index contributed by atoms with van der Waals surface area (Å²) < 4.78 is 4.12. The van der Waals surface area contributed by atoms with E-state index in [1.807, 2.05) is 37.8 Å². The number of hydrogen-bond donors (Lipinski definition) is 2. The fourth-order valence-electron chi connectivity index (χ4n) is 5.30. The van der Waals surface area contributed by atoms with Crippen LogP contribution in [0, 0.1) is 5.92 Å². The second-order valence-electron chi connectivity index (χ2n) is 9.42. The van der Waals surface area contributed by atoms with Crippen molar-refractivity contribution in [3.63, 3.8) is 0 Å². The second-order valence-corrected chi connectivity index (χ2v) is 9.42. The lowest BCUT2D eigenvalue weighted by Crippen LogP contribution is -2.08. The molecule has 1 aliphatic carbocycles. The number of anilines is 1. The quantitative estimate of drug-likeness (QED) is 0.321. The van der Waals surface area contributed by atoms with E-state index in [4.69, 9.17) is 4.98 Å². The molecule has 7 heteroatoms. The molecule has 1 aromatic carbocycles. The lowest BCUT2D eigenvalue weighted by molar-refractivity contribution is 0.226. The largest absolute Gasteiger partial charge is 0.396 e. The Morgan fingerprint density at radius 3 is 2.56 bits per heavy atom. The number of rotatable bonds is 8. The van der Waals surface area contributed by atoms with Gasteiger partial charge in [-0.2, -0.15) is 5.10 Å². The molecule has 2 unspecified atom stereocenters. The molecule has 4 aromatic rings. The second kappa shape index (κ2) is 11.7. The molecule has 0 saturated heterocycles. The molecule has 0 bridgehead atoms. The summed E-state index contributed by atoms with van der Waals surface area (Å²) >= 11 is 0. The SMILES string of the molecule is CC.CCc1ccc(CNc2ncnc3c2c(-c2ccn(C)n2)cn3C2CCC(CO)C2)c(CC)c1. The van der Waals surface area contributed by atoms with Gasteiger partial charge in [0.15, 0.2) is 0 Å². The van der Waals surface area contributed by atoms with E-state index in [0.29, 0.717) is 18.5 Å². The van der Waals surface area contributed by atoms with Crippen molar-refractivity contribution in [2.45, 2.75) is 72.4 Å². The van der Waals surface area contributed by atoms with Crippen molar-refractivity contribution in [3.8, 4) is 11.3 Å². The minimum atomic E-state index is 0.251. The first-order chi connectivity index (χ1) is 17.6. The summed E-state index contributed by atoms with van der Waals surface area (Å²) in [6.45, 7) is 9.37. The summed E-state index contributed by atoms with van der Waals surface area (Å²) in [7, 11) is 1.94. The lowest BCUT2D eigenvalue weighted by atomic mass is 10.0. The zero-order chi connectivity index (χ0) is 25.7. The average Bonchev–Trinajstić information content (AvgIpc) is 3.66. The first-order valence-corrected chi connectivity index (χ1v) is 13.4. The number of aliphatic hydroxyl groups is 1. The van der Waals surface area contributed by atoms with Crippen LogP contribution < -0.4 is 5.32 Å². The standard InChI is InChI=1S/C27H34N6O.C2H6/c1-4-18-6-8-21(20(5-2)12-18)14-28-26-25-23(24-10-11-32(3)31-24)15-33(27(25)30-17-29-26)22-9-7-19(13-22)16-34;1-2/h6,8,10-12,15,17,19,22,34H,4-5,7,9,13-14,16H2,1-3H3,(H,28,29,30);1-2H3. The zero-order valence-electron chi connectivity index (χ0n) is 22.3. The van der Waals surface area contributed by atoms with Crippen LogP contribution in [-0.4, -0.2) is 36.0 Å². The maximum atomic E-state index is 9.67. The Kier molecular flexibility index (Phi) is 8.41. The van der Waals surface area contributed by atoms with Crippen LogP contribution in [-0.2, 0) is 26.4 Å². The van der Waals surface area contributed by atoms with Gasteiger partial charge in [0.25, 0.3) is 0 Å². The highest BCUT2D eigenvalue weighted by atomic mass is 16.3. The van der Waals surface area contributed by atoms with Gasteiger partial charge in [-0.15, -0.1) is 0 Å². The Morgan fingerprint density at radius 2 is 1.89 bits per heavy atom. The van der Waals surface area contributed by atoms with E-state index in [-0.39, 0.29) is 6.61 Å². The normalized spacial score (nSPS) is 17.3. The summed E-state index contributed by atoms with van der Waals surface area (Å²) in [6, 6.07) is 9.15. The van der Waals surface area contributed by atoms with Gasteiger partial charge in [0, 0.05) is 44.2 Å². The van der Waals surface area contributed by atoms with Gasteiger partial charge in [-0.05, 0) is 60.8 Å². The molecule has 3 aromatic heterocycles. The zero-order valence-corrected chi connectivity index (χ0v) is 22.3. The summed E-state index contributed by atoms with van der Waals surface area (Å²) in [6.07, 6.45) is 10.9. The summed E-state index contributed by atoms with van der Waals surface area (Å²) in [4.78, 5) is 9.38. The number of aromatic nitrogens is 5. The molecule has 0 radical (unpaired) electrons. The number of aryl methyl sites for hydroxylation is 3. The monoisotopic (exact) mass is 488 g/mol. The average molecular weight is 489 g/mol. The van der Waals surface area contributed by atoms with Gasteiger partial charge in [0.2, 0.25) is 0 Å². The predicted octanol–water partition coefficient (Wildman–Crippen LogP) is 5.93. The molecular formula is C29H40N6O. The molecule has 192 valence electrons. The molecule has 0 spiro atoms. The van der Waals surface area contributed by atoms with Crippen LogP contribution in [0.25, 0.3) is 22.3 Å². The van der Waals surface area contributed by atoms with Crippen LogP contribution in [0.4, 0.5) is 5.82 Å². The molecule has 2 N–H and O–H groups in total. The molecule has 7 nitrogen and oxygen atoms in total. The van der Waals surface area contributed by atoms with Crippen LogP contribution in [0.1, 0.15) is 69.7 Å². The number of fused-ring (bicyclic) bond motifs is 1. The highest BCUT2D eigenvalue weighted by Crippen LogP contribution is 2.40. The van der Waals surface area contributed by atoms with Crippen LogP contribution in [0.2, 0.25) is 0 Å². The van der Waals surface area contributed by atoms with Gasteiger partial charge in [-0.25, -0.2) is 9.97 Å². The molecule has 36 heavy (non-hydrogen) atoms. The van der Waals surface area contributed by atoms with Crippen molar-refractivity contribution >= 4 is 16.9 Å². The van der Waals surface area contributed by atoms with Crippen LogP contribution in [0.15, 0.2) is 43.0 Å². The van der Waals surface area contributed by atoms with Gasteiger partial charge < -0.3 is 15.0 Å². The molecule has 0 amide bonds. The molecule has 3 heterocycles. The van der Waals surface area contributed by atoms with Gasteiger partial charge in [0.05, 0.1) is 11.1 Å². The Balaban J connectivity index is 0.00000148. The van der Waals surface area contributed by atoms with Gasteiger partial charge in [-0.3, -0.25) is 4.68 Å². The highest BCUT2D eigenvalue weighted by Gasteiger charge is 2.28. The molecular weight excluding hydrogens is 448 g/mol. The fraction of sp³-hybridized carbons (Fsp3) is 0.483. The summed E-state index contributed by atoms with van der Waals surface area (Å²) in [5.41, 5.74) is 6.94. The Hall–Kier alpha value is -3.19. The van der Waals surface area contributed by atoms with E-state index in [9.17, 15) is 5.11 Å². The summed E-state index contributed by atoms with van der Waals surface area (Å²) in [5, 5.41) is 19.0. The summed E-state index contributed by atoms with van der Waals surface area (Å²) in [5.74, 6) is 1.20. The van der Waals surface area contributed by atoms with E-state index < -0.39 is 0 Å². The number of benzene rings is 1. The fourth-order valence-corrected chi connectivity index (χ4v) is 5.30. The molecule has 5 rings (SSSR count). The van der Waals surface area contributed by atoms with Crippen molar-refractivity contribution in [1.29, 1.82) is 0 Å². The molecule has 1 aliphatic rings. The molecule has 2 atom stereocenters. The third-order valence-electron chi connectivity index (χ3n) is 7.27. The maximum absolute atomic E-state index is 9.67. The number of nitrogens with zero attached hydrogens (tertiary/aromatic N) is 5. The minimum absolute atomic E-state index is 0.251. The van der Waals surface area contributed by atoms with Crippen LogP contribution in [0.5, 0.6) is 0 Å². The van der Waals surface area contributed by atoms with Crippen molar-refractivity contribution < 1.29 is 5.11 Å². The molecule has 1 saturated carbocycles. The lowest BCUT2D eigenvalue weighted by Gasteiger charge is -2.14. The Morgan fingerprint density at radius 1 is 1.06 bits per heavy atom. The third kappa shape index (κ3) is 5.16. The van der Waals surface area contributed by atoms with Crippen molar-refractivity contribution in [3.05, 3.63) is 59.7 Å². The molecule has 1 fully saturated rings. The van der Waals surface area contributed by atoms with Crippen LogP contribution >= 0.6 is 0 Å². The first kappa shape index (κ1) is 25.9. The minimum Gasteiger partial charge on any atom is -0.396 e. The van der Waals surface area contributed by atoms with Crippen LogP contribution in [0.3, 0.4) is 0 Å².